The summed E-state index contributed by atoms with van der Waals surface area (Å²) in [6.07, 6.45) is 8.15. The summed E-state index contributed by atoms with van der Waals surface area (Å²) in [7, 11) is 0. The average molecular weight is 346 g/mol. The van der Waals surface area contributed by atoms with Crippen LogP contribution in [-0.4, -0.2) is 23.1 Å². The van der Waals surface area contributed by atoms with Crippen LogP contribution in [0, 0.1) is 33.8 Å². The molecule has 0 heterocycles. The van der Waals surface area contributed by atoms with Crippen molar-refractivity contribution in [2.75, 3.05) is 6.26 Å². The molecule has 0 spiro atoms. The Morgan fingerprint density at radius 1 is 1.17 bits per heavy atom. The zero-order chi connectivity index (χ0) is 16.8. The summed E-state index contributed by atoms with van der Waals surface area (Å²) in [5.74, 6) is 2.77. The van der Waals surface area contributed by atoms with Gasteiger partial charge in [-0.2, -0.15) is 0 Å². The van der Waals surface area contributed by atoms with Crippen molar-refractivity contribution in [1.29, 1.82) is 0 Å². The number of carbonyl (C=O) groups is 1. The molecule has 5 rings (SSSR count). The second-order valence-corrected chi connectivity index (χ2v) is 8.42. The van der Waals surface area contributed by atoms with Gasteiger partial charge in [-0.25, -0.2) is 0 Å². The fourth-order valence-electron chi connectivity index (χ4n) is 5.37. The topological polar surface area (TPSA) is 72.2 Å². The summed E-state index contributed by atoms with van der Waals surface area (Å²) in [6.45, 7) is 0. The van der Waals surface area contributed by atoms with Gasteiger partial charge in [0.2, 0.25) is 0 Å². The van der Waals surface area contributed by atoms with Crippen LogP contribution in [0.3, 0.4) is 0 Å². The average Bonchev–Trinajstić information content (AvgIpc) is 2.56. The second kappa shape index (κ2) is 6.06. The van der Waals surface area contributed by atoms with Crippen molar-refractivity contribution < 1.29 is 9.72 Å². The van der Waals surface area contributed by atoms with Crippen molar-refractivity contribution in [1.82, 2.24) is 5.32 Å². The summed E-state index contributed by atoms with van der Waals surface area (Å²) in [6, 6.07) is 5.04. The third-order valence-corrected chi connectivity index (χ3v) is 6.95. The number of thioether (sulfide) groups is 1. The molecule has 1 aromatic carbocycles. The molecule has 1 N–H and O–H groups in total. The van der Waals surface area contributed by atoms with E-state index in [4.69, 9.17) is 0 Å². The molecule has 0 aliphatic heterocycles. The predicted molar refractivity (Wildman–Crippen MR) is 93.2 cm³/mol. The highest BCUT2D eigenvalue weighted by molar-refractivity contribution is 7.98. The monoisotopic (exact) mass is 346 g/mol. The van der Waals surface area contributed by atoms with Crippen molar-refractivity contribution in [3.8, 4) is 0 Å². The Bertz CT molecular complexity index is 663. The van der Waals surface area contributed by atoms with Gasteiger partial charge in [-0.1, -0.05) is 0 Å². The number of hydrogen-bond donors (Lipinski definition) is 1. The van der Waals surface area contributed by atoms with Crippen LogP contribution in [0.2, 0.25) is 0 Å². The Kier molecular flexibility index (Phi) is 4.03. The van der Waals surface area contributed by atoms with Crippen molar-refractivity contribution in [2.45, 2.75) is 43.0 Å². The standard InChI is InChI=1S/C18H22N2O3S/c1-24-16-3-2-12(9-15(16)20(22)23)18(21)19-17-13-5-10-4-11(7-13)8-14(17)6-10/h2-3,9-11,13-14,17H,4-8H2,1H3,(H,19,21). The first-order valence-electron chi connectivity index (χ1n) is 8.68. The quantitative estimate of drug-likeness (QED) is 0.510. The number of nitro benzene ring substituents is 1. The molecule has 4 aliphatic carbocycles. The highest BCUT2D eigenvalue weighted by atomic mass is 32.2. The van der Waals surface area contributed by atoms with E-state index in [-0.39, 0.29) is 17.6 Å². The number of amides is 1. The highest BCUT2D eigenvalue weighted by Gasteiger charge is 2.48. The maximum absolute atomic E-state index is 12.7. The van der Waals surface area contributed by atoms with E-state index in [1.807, 2.05) is 0 Å². The SMILES string of the molecule is CSc1ccc(C(=O)NC2C3CC4CC(C3)CC2C4)cc1[N+](=O)[O-]. The Labute approximate surface area is 145 Å². The zero-order valence-electron chi connectivity index (χ0n) is 13.7. The lowest BCUT2D eigenvalue weighted by atomic mass is 9.54. The summed E-state index contributed by atoms with van der Waals surface area (Å²) in [5, 5.41) is 14.4. The van der Waals surface area contributed by atoms with Gasteiger partial charge in [-0.3, -0.25) is 14.9 Å². The third kappa shape index (κ3) is 2.70. The van der Waals surface area contributed by atoms with Gasteiger partial charge in [-0.05, 0) is 74.2 Å². The van der Waals surface area contributed by atoms with Crippen LogP contribution >= 0.6 is 11.8 Å². The van der Waals surface area contributed by atoms with E-state index in [2.05, 4.69) is 5.32 Å². The largest absolute Gasteiger partial charge is 0.349 e. The van der Waals surface area contributed by atoms with E-state index in [1.54, 1.807) is 18.4 Å². The first kappa shape index (κ1) is 15.9. The van der Waals surface area contributed by atoms with Crippen molar-refractivity contribution >= 4 is 23.4 Å². The number of nitro groups is 1. The second-order valence-electron chi connectivity index (χ2n) is 7.57. The summed E-state index contributed by atoms with van der Waals surface area (Å²) >= 11 is 1.33. The molecule has 0 radical (unpaired) electrons. The van der Waals surface area contributed by atoms with Crippen LogP contribution in [0.15, 0.2) is 23.1 Å². The van der Waals surface area contributed by atoms with Gasteiger partial charge < -0.3 is 5.32 Å². The lowest BCUT2D eigenvalue weighted by Gasteiger charge is -2.54. The Balaban J connectivity index is 1.52. The molecule has 6 heteroatoms. The van der Waals surface area contributed by atoms with Crippen LogP contribution in [-0.2, 0) is 0 Å². The zero-order valence-corrected chi connectivity index (χ0v) is 14.6. The molecule has 1 amide bonds. The van der Waals surface area contributed by atoms with Crippen molar-refractivity contribution in [3.63, 3.8) is 0 Å². The number of carbonyl (C=O) groups excluding carboxylic acids is 1. The van der Waals surface area contributed by atoms with Crippen LogP contribution < -0.4 is 5.32 Å². The van der Waals surface area contributed by atoms with Gasteiger partial charge >= 0.3 is 0 Å². The normalized spacial score (nSPS) is 33.5. The Hall–Kier alpha value is -1.56. The minimum Gasteiger partial charge on any atom is -0.349 e. The summed E-state index contributed by atoms with van der Waals surface area (Å²) < 4.78 is 0. The molecule has 4 saturated carbocycles. The highest BCUT2D eigenvalue weighted by Crippen LogP contribution is 2.53. The fourth-order valence-corrected chi connectivity index (χ4v) is 5.92. The number of nitrogens with one attached hydrogen (secondary N) is 1. The fraction of sp³-hybridized carbons (Fsp3) is 0.611. The number of nitrogens with zero attached hydrogens (tertiary/aromatic N) is 1. The van der Waals surface area contributed by atoms with Crippen LogP contribution in [0.25, 0.3) is 0 Å². The number of hydrogen-bond acceptors (Lipinski definition) is 4. The first-order chi connectivity index (χ1) is 11.5. The minimum absolute atomic E-state index is 0.0141. The maximum atomic E-state index is 12.7. The maximum Gasteiger partial charge on any atom is 0.283 e. The van der Waals surface area contributed by atoms with Gasteiger partial charge in [0.15, 0.2) is 0 Å². The molecular weight excluding hydrogens is 324 g/mol. The van der Waals surface area contributed by atoms with Crippen LogP contribution in [0.1, 0.15) is 42.5 Å². The van der Waals surface area contributed by atoms with Gasteiger partial charge in [0, 0.05) is 17.7 Å². The van der Waals surface area contributed by atoms with E-state index in [0.29, 0.717) is 22.3 Å². The third-order valence-electron chi connectivity index (χ3n) is 6.16. The summed E-state index contributed by atoms with van der Waals surface area (Å²) in [5.41, 5.74) is 0.411. The number of rotatable bonds is 4. The number of benzene rings is 1. The van der Waals surface area contributed by atoms with E-state index in [0.717, 1.165) is 11.8 Å². The molecule has 5 nitrogen and oxygen atoms in total. The molecule has 0 atom stereocenters. The van der Waals surface area contributed by atoms with Gasteiger partial charge in [0.25, 0.3) is 11.6 Å². The van der Waals surface area contributed by atoms with Crippen LogP contribution in [0.5, 0.6) is 0 Å². The van der Waals surface area contributed by atoms with Gasteiger partial charge in [0.1, 0.15) is 0 Å². The van der Waals surface area contributed by atoms with E-state index in [1.165, 1.54) is 49.9 Å². The minimum atomic E-state index is -0.411. The lowest BCUT2D eigenvalue weighted by Crippen LogP contribution is -2.55. The van der Waals surface area contributed by atoms with Gasteiger partial charge in [-0.15, -0.1) is 11.8 Å². The first-order valence-corrected chi connectivity index (χ1v) is 9.91. The molecule has 0 aromatic heterocycles. The lowest BCUT2D eigenvalue weighted by molar-refractivity contribution is -0.387. The molecule has 4 bridgehead atoms. The molecule has 24 heavy (non-hydrogen) atoms. The summed E-state index contributed by atoms with van der Waals surface area (Å²) in [4.78, 5) is 24.1. The Morgan fingerprint density at radius 3 is 2.33 bits per heavy atom. The smallest absolute Gasteiger partial charge is 0.283 e. The molecular formula is C18H22N2O3S. The van der Waals surface area contributed by atoms with E-state index in [9.17, 15) is 14.9 Å². The molecule has 4 aliphatic rings. The molecule has 128 valence electrons. The van der Waals surface area contributed by atoms with E-state index >= 15 is 0 Å². The van der Waals surface area contributed by atoms with Gasteiger partial charge in [0.05, 0.1) is 9.82 Å². The van der Waals surface area contributed by atoms with Crippen molar-refractivity contribution in [2.24, 2.45) is 23.7 Å². The van der Waals surface area contributed by atoms with E-state index < -0.39 is 4.92 Å². The Morgan fingerprint density at radius 2 is 1.79 bits per heavy atom. The molecule has 0 saturated heterocycles. The molecule has 1 aromatic rings. The molecule has 4 fully saturated rings. The van der Waals surface area contributed by atoms with Crippen molar-refractivity contribution in [3.05, 3.63) is 33.9 Å². The predicted octanol–water partition coefficient (Wildman–Crippen LogP) is 3.87. The van der Waals surface area contributed by atoms with Crippen LogP contribution in [0.4, 0.5) is 5.69 Å². The molecule has 0 unspecified atom stereocenters.